The summed E-state index contributed by atoms with van der Waals surface area (Å²) in [7, 11) is 0. The van der Waals surface area contributed by atoms with Crippen molar-refractivity contribution in [2.24, 2.45) is 0 Å². The molecule has 1 heterocycles. The third-order valence-corrected chi connectivity index (χ3v) is 9.26. The fourth-order valence-corrected chi connectivity index (χ4v) is 6.92. The summed E-state index contributed by atoms with van der Waals surface area (Å²) in [6.45, 7) is 0. The zero-order chi connectivity index (χ0) is 31.9. The predicted octanol–water partition coefficient (Wildman–Crippen LogP) is 13.2. The van der Waals surface area contributed by atoms with Gasteiger partial charge in [0.05, 0.1) is 5.69 Å². The van der Waals surface area contributed by atoms with Gasteiger partial charge in [-0.15, -0.1) is 0 Å². The van der Waals surface area contributed by atoms with Crippen molar-refractivity contribution in [3.05, 3.63) is 188 Å². The Morgan fingerprint density at radius 3 is 1.69 bits per heavy atom. The highest BCUT2D eigenvalue weighted by Crippen LogP contribution is 2.43. The highest BCUT2D eigenvalue weighted by Gasteiger charge is 2.19. The number of para-hydroxylation sites is 2. The summed E-state index contributed by atoms with van der Waals surface area (Å²) in [5, 5.41) is 4.73. The van der Waals surface area contributed by atoms with Crippen LogP contribution in [0, 0.1) is 0 Å². The van der Waals surface area contributed by atoms with Crippen molar-refractivity contribution in [3.63, 3.8) is 0 Å². The number of rotatable bonds is 6. The first-order valence-corrected chi connectivity index (χ1v) is 16.3. The Morgan fingerprint density at radius 1 is 0.354 bits per heavy atom. The Morgan fingerprint density at radius 2 is 0.917 bits per heavy atom. The second-order valence-corrected chi connectivity index (χ2v) is 12.2. The third kappa shape index (κ3) is 4.92. The molecule has 9 aromatic rings. The largest absolute Gasteiger partial charge is 0.456 e. The summed E-state index contributed by atoms with van der Waals surface area (Å²) in [6.07, 6.45) is 0. The van der Waals surface area contributed by atoms with E-state index in [4.69, 9.17) is 4.42 Å². The van der Waals surface area contributed by atoms with Crippen LogP contribution in [0.25, 0.3) is 66.1 Å². The first-order chi connectivity index (χ1) is 23.8. The quantitative estimate of drug-likeness (QED) is 0.185. The van der Waals surface area contributed by atoms with Crippen LogP contribution in [-0.2, 0) is 0 Å². The van der Waals surface area contributed by atoms with Crippen molar-refractivity contribution in [3.8, 4) is 33.4 Å². The van der Waals surface area contributed by atoms with Crippen molar-refractivity contribution >= 4 is 49.8 Å². The fourth-order valence-electron chi connectivity index (χ4n) is 6.92. The Balaban J connectivity index is 1.17. The van der Waals surface area contributed by atoms with Crippen molar-refractivity contribution < 1.29 is 4.42 Å². The van der Waals surface area contributed by atoms with Gasteiger partial charge in [-0.3, -0.25) is 0 Å². The molecular weight excluding hydrogens is 583 g/mol. The molecule has 0 fully saturated rings. The molecule has 1 aromatic heterocycles. The van der Waals surface area contributed by atoms with E-state index in [-0.39, 0.29) is 0 Å². The Hall–Kier alpha value is -6.38. The number of fused-ring (bicyclic) bond motifs is 5. The smallest absolute Gasteiger partial charge is 0.136 e. The Kier molecular flexibility index (Phi) is 6.84. The van der Waals surface area contributed by atoms with E-state index in [2.05, 4.69) is 181 Å². The molecule has 0 saturated carbocycles. The van der Waals surface area contributed by atoms with Crippen LogP contribution in [0.1, 0.15) is 0 Å². The third-order valence-electron chi connectivity index (χ3n) is 9.26. The van der Waals surface area contributed by atoms with E-state index in [0.29, 0.717) is 0 Å². The van der Waals surface area contributed by atoms with Gasteiger partial charge in [0.15, 0.2) is 0 Å². The minimum atomic E-state index is 0.919. The van der Waals surface area contributed by atoms with Gasteiger partial charge in [0.1, 0.15) is 11.2 Å². The Labute approximate surface area is 279 Å². The van der Waals surface area contributed by atoms with Gasteiger partial charge in [0.2, 0.25) is 0 Å². The molecule has 0 aliphatic rings. The van der Waals surface area contributed by atoms with E-state index in [1.54, 1.807) is 0 Å². The van der Waals surface area contributed by atoms with Crippen LogP contribution >= 0.6 is 0 Å². The first-order valence-electron chi connectivity index (χ1n) is 16.3. The number of nitrogens with zero attached hydrogens (tertiary/aromatic N) is 1. The van der Waals surface area contributed by atoms with Crippen molar-refractivity contribution in [2.75, 3.05) is 4.90 Å². The molecule has 8 aromatic carbocycles. The number of benzene rings is 8. The fraction of sp³-hybridized carbons (Fsp3) is 0. The maximum Gasteiger partial charge on any atom is 0.136 e. The van der Waals surface area contributed by atoms with Gasteiger partial charge in [-0.25, -0.2) is 0 Å². The van der Waals surface area contributed by atoms with Crippen LogP contribution < -0.4 is 4.90 Å². The number of furan rings is 1. The molecule has 0 aliphatic heterocycles. The summed E-state index contributed by atoms with van der Waals surface area (Å²) >= 11 is 0. The van der Waals surface area contributed by atoms with Gasteiger partial charge >= 0.3 is 0 Å². The summed E-state index contributed by atoms with van der Waals surface area (Å²) < 4.78 is 6.20. The van der Waals surface area contributed by atoms with Gasteiger partial charge < -0.3 is 9.32 Å². The molecule has 0 radical (unpaired) electrons. The van der Waals surface area contributed by atoms with Crippen LogP contribution in [0.5, 0.6) is 0 Å². The number of hydrogen-bond donors (Lipinski definition) is 0. The minimum Gasteiger partial charge on any atom is -0.456 e. The van der Waals surface area contributed by atoms with Crippen LogP contribution in [0.3, 0.4) is 0 Å². The SMILES string of the molecule is c1ccc(-c2ccc(N(c3ccccc3)c3ccc(-c4ccc5ccc6oc7ccccc7c6c5c4)cc3)c(-c3ccccc3)c2)cc1. The highest BCUT2D eigenvalue weighted by molar-refractivity contribution is 6.19. The topological polar surface area (TPSA) is 16.4 Å². The molecule has 0 amide bonds. The molecule has 0 bridgehead atoms. The lowest BCUT2D eigenvalue weighted by atomic mass is 9.96. The van der Waals surface area contributed by atoms with Crippen molar-refractivity contribution in [1.82, 2.24) is 0 Å². The summed E-state index contributed by atoms with van der Waals surface area (Å²) in [5.74, 6) is 0. The highest BCUT2D eigenvalue weighted by atomic mass is 16.3. The van der Waals surface area contributed by atoms with Crippen molar-refractivity contribution in [2.45, 2.75) is 0 Å². The van der Waals surface area contributed by atoms with Gasteiger partial charge in [-0.2, -0.15) is 0 Å². The molecule has 0 N–H and O–H groups in total. The number of hydrogen-bond acceptors (Lipinski definition) is 2. The van der Waals surface area contributed by atoms with E-state index in [0.717, 1.165) is 33.6 Å². The van der Waals surface area contributed by atoms with Gasteiger partial charge in [-0.05, 0) is 93.2 Å². The van der Waals surface area contributed by atoms with E-state index in [1.165, 1.54) is 49.5 Å². The molecular formula is C46H31NO. The van der Waals surface area contributed by atoms with Crippen molar-refractivity contribution in [1.29, 1.82) is 0 Å². The zero-order valence-electron chi connectivity index (χ0n) is 26.3. The van der Waals surface area contributed by atoms with Gasteiger partial charge in [0.25, 0.3) is 0 Å². The normalized spacial score (nSPS) is 11.3. The van der Waals surface area contributed by atoms with E-state index < -0.39 is 0 Å². The Bertz CT molecular complexity index is 2530. The van der Waals surface area contributed by atoms with Crippen LogP contribution in [0.15, 0.2) is 192 Å². The summed E-state index contributed by atoms with van der Waals surface area (Å²) in [6, 6.07) is 66.9. The molecule has 226 valence electrons. The lowest BCUT2D eigenvalue weighted by Gasteiger charge is -2.28. The molecule has 9 rings (SSSR count). The second kappa shape index (κ2) is 11.8. The molecule has 0 spiro atoms. The number of anilines is 3. The minimum absolute atomic E-state index is 0.919. The maximum absolute atomic E-state index is 6.20. The van der Waals surface area contributed by atoms with E-state index in [1.807, 2.05) is 12.1 Å². The average molecular weight is 614 g/mol. The molecule has 2 nitrogen and oxygen atoms in total. The van der Waals surface area contributed by atoms with Crippen LogP contribution in [-0.4, -0.2) is 0 Å². The van der Waals surface area contributed by atoms with Crippen LogP contribution in [0.2, 0.25) is 0 Å². The average Bonchev–Trinajstić information content (AvgIpc) is 3.56. The summed E-state index contributed by atoms with van der Waals surface area (Å²) in [4.78, 5) is 2.36. The molecule has 48 heavy (non-hydrogen) atoms. The lowest BCUT2D eigenvalue weighted by Crippen LogP contribution is -2.11. The summed E-state index contributed by atoms with van der Waals surface area (Å²) in [5.41, 5.74) is 12.3. The molecule has 0 atom stereocenters. The van der Waals surface area contributed by atoms with Gasteiger partial charge in [-0.1, -0.05) is 133 Å². The first kappa shape index (κ1) is 27.9. The second-order valence-electron chi connectivity index (χ2n) is 12.2. The molecule has 0 aliphatic carbocycles. The standard InChI is InChI=1S/C46H31NO/c1-4-12-32(13-5-1)37-24-28-43(41(30-37)34-14-6-2-7-15-34)47(38-16-8-3-9-17-38)39-26-22-33(23-27-39)36-21-20-35-25-29-45-46(42(35)31-36)40-18-10-11-19-44(40)48-45/h1-31H. The molecule has 0 saturated heterocycles. The van der Waals surface area contributed by atoms with E-state index >= 15 is 0 Å². The molecule has 0 unspecified atom stereocenters. The van der Waals surface area contributed by atoms with Gasteiger partial charge in [0, 0.05) is 27.7 Å². The van der Waals surface area contributed by atoms with Crippen LogP contribution in [0.4, 0.5) is 17.1 Å². The van der Waals surface area contributed by atoms with E-state index in [9.17, 15) is 0 Å². The predicted molar refractivity (Wildman–Crippen MR) is 202 cm³/mol. The maximum atomic E-state index is 6.20. The monoisotopic (exact) mass is 613 g/mol. The molecule has 2 heteroatoms. The lowest BCUT2D eigenvalue weighted by molar-refractivity contribution is 0.669. The zero-order valence-corrected chi connectivity index (χ0v) is 26.3.